The van der Waals surface area contributed by atoms with Crippen molar-refractivity contribution in [2.45, 2.75) is 13.5 Å². The van der Waals surface area contributed by atoms with Crippen LogP contribution in [0.15, 0.2) is 18.2 Å². The van der Waals surface area contributed by atoms with Crippen LogP contribution >= 0.6 is 12.2 Å². The second-order valence-electron chi connectivity index (χ2n) is 4.63. The number of aryl methyl sites for hydroxylation is 1. The van der Waals surface area contributed by atoms with E-state index in [0.717, 1.165) is 36.7 Å². The van der Waals surface area contributed by atoms with Gasteiger partial charge >= 0.3 is 0 Å². The molecule has 0 unspecified atom stereocenters. The molecule has 1 fully saturated rings. The third-order valence-electron chi connectivity index (χ3n) is 3.29. The Hall–Kier alpha value is -0.780. The maximum absolute atomic E-state index is 11.3. The van der Waals surface area contributed by atoms with Crippen LogP contribution in [0.4, 0.5) is 0 Å². The monoisotopic (exact) mass is 282 g/mol. The lowest BCUT2D eigenvalue weighted by Crippen LogP contribution is -2.37. The van der Waals surface area contributed by atoms with Gasteiger partial charge in [0.05, 0.1) is 0 Å². The summed E-state index contributed by atoms with van der Waals surface area (Å²) in [6.07, 6.45) is 0. The lowest BCUT2D eigenvalue weighted by Gasteiger charge is -2.26. The van der Waals surface area contributed by atoms with Crippen molar-refractivity contribution in [1.29, 1.82) is 0 Å². The van der Waals surface area contributed by atoms with Crippen molar-refractivity contribution < 1.29 is 4.21 Å². The Balaban J connectivity index is 2.05. The smallest absolute Gasteiger partial charge is 0.103 e. The van der Waals surface area contributed by atoms with E-state index in [1.165, 1.54) is 11.1 Å². The normalized spacial score (nSPS) is 17.8. The number of nitrogens with zero attached hydrogens (tertiary/aromatic N) is 1. The quantitative estimate of drug-likeness (QED) is 0.846. The Morgan fingerprint density at radius 2 is 2.11 bits per heavy atom. The number of benzene rings is 1. The van der Waals surface area contributed by atoms with Crippen LogP contribution in [0.2, 0.25) is 0 Å². The van der Waals surface area contributed by atoms with Crippen molar-refractivity contribution in [1.82, 2.24) is 4.90 Å². The van der Waals surface area contributed by atoms with Gasteiger partial charge in [-0.05, 0) is 24.1 Å². The van der Waals surface area contributed by atoms with Crippen LogP contribution in [0.5, 0.6) is 0 Å². The maximum atomic E-state index is 11.3. The number of hydrogen-bond acceptors (Lipinski definition) is 3. The average molecular weight is 282 g/mol. The van der Waals surface area contributed by atoms with Crippen molar-refractivity contribution in [2.75, 3.05) is 24.6 Å². The van der Waals surface area contributed by atoms with Crippen LogP contribution < -0.4 is 5.73 Å². The average Bonchev–Trinajstić information content (AvgIpc) is 2.34. The highest BCUT2D eigenvalue weighted by Gasteiger charge is 2.15. The zero-order chi connectivity index (χ0) is 13.1. The summed E-state index contributed by atoms with van der Waals surface area (Å²) < 4.78 is 11.3. The summed E-state index contributed by atoms with van der Waals surface area (Å²) in [6, 6.07) is 6.11. The summed E-state index contributed by atoms with van der Waals surface area (Å²) in [5, 5.41) is 0. The van der Waals surface area contributed by atoms with E-state index in [9.17, 15) is 4.21 Å². The van der Waals surface area contributed by atoms with E-state index in [1.807, 2.05) is 12.1 Å². The molecule has 0 amide bonds. The maximum Gasteiger partial charge on any atom is 0.103 e. The number of thiocarbonyl (C=S) groups is 1. The molecule has 0 aromatic heterocycles. The molecule has 1 aromatic rings. The molecule has 2 N–H and O–H groups in total. The van der Waals surface area contributed by atoms with E-state index in [2.05, 4.69) is 17.9 Å². The predicted octanol–water partition coefficient (Wildman–Crippen LogP) is 1.19. The van der Waals surface area contributed by atoms with E-state index < -0.39 is 10.8 Å². The molecular weight excluding hydrogens is 264 g/mol. The van der Waals surface area contributed by atoms with Gasteiger partial charge in [-0.1, -0.05) is 24.4 Å². The second kappa shape index (κ2) is 5.91. The van der Waals surface area contributed by atoms with Gasteiger partial charge in [-0.2, -0.15) is 0 Å². The predicted molar refractivity (Wildman–Crippen MR) is 80.2 cm³/mol. The molecule has 0 radical (unpaired) electrons. The van der Waals surface area contributed by atoms with Gasteiger partial charge in [-0.3, -0.25) is 9.11 Å². The number of hydrogen-bond donors (Lipinski definition) is 1. The molecular formula is C13H18N2OS2. The minimum atomic E-state index is -0.609. The van der Waals surface area contributed by atoms with Gasteiger partial charge < -0.3 is 5.73 Å². The van der Waals surface area contributed by atoms with E-state index >= 15 is 0 Å². The third-order valence-corrected chi connectivity index (χ3v) is 4.80. The van der Waals surface area contributed by atoms with Crippen LogP contribution in [0, 0.1) is 6.92 Å². The van der Waals surface area contributed by atoms with Gasteiger partial charge in [-0.15, -0.1) is 0 Å². The highest BCUT2D eigenvalue weighted by molar-refractivity contribution is 7.85. The Morgan fingerprint density at radius 3 is 2.67 bits per heavy atom. The van der Waals surface area contributed by atoms with E-state index in [-0.39, 0.29) is 0 Å². The molecule has 0 bridgehead atoms. The molecule has 18 heavy (non-hydrogen) atoms. The molecule has 0 spiro atoms. The van der Waals surface area contributed by atoms with Crippen LogP contribution in [-0.4, -0.2) is 38.7 Å². The summed E-state index contributed by atoms with van der Waals surface area (Å²) in [4.78, 5) is 2.79. The first-order valence-electron chi connectivity index (χ1n) is 6.03. The minimum Gasteiger partial charge on any atom is -0.389 e. The summed E-state index contributed by atoms with van der Waals surface area (Å²) in [6.45, 7) is 4.84. The fraction of sp³-hybridized carbons (Fsp3) is 0.462. The summed E-state index contributed by atoms with van der Waals surface area (Å²) in [7, 11) is -0.609. The Labute approximate surface area is 116 Å². The Morgan fingerprint density at radius 1 is 1.44 bits per heavy atom. The molecule has 5 heteroatoms. The van der Waals surface area contributed by atoms with Crippen molar-refractivity contribution in [3.8, 4) is 0 Å². The first kappa shape index (κ1) is 13.6. The minimum absolute atomic E-state index is 0.443. The molecule has 0 saturated carbocycles. The van der Waals surface area contributed by atoms with Crippen molar-refractivity contribution in [3.63, 3.8) is 0 Å². The Bertz CT molecular complexity index is 478. The highest BCUT2D eigenvalue weighted by atomic mass is 32.2. The fourth-order valence-corrected chi connectivity index (χ4v) is 3.36. The topological polar surface area (TPSA) is 46.3 Å². The van der Waals surface area contributed by atoms with E-state index in [4.69, 9.17) is 18.0 Å². The first-order valence-corrected chi connectivity index (χ1v) is 7.92. The molecule has 1 aliphatic rings. The van der Waals surface area contributed by atoms with E-state index in [1.54, 1.807) is 0 Å². The lowest BCUT2D eigenvalue weighted by molar-refractivity contribution is 0.291. The molecule has 0 aliphatic carbocycles. The van der Waals surface area contributed by atoms with Gasteiger partial charge in [0.1, 0.15) is 4.99 Å². The van der Waals surface area contributed by atoms with Crippen LogP contribution in [0.1, 0.15) is 16.7 Å². The Kier molecular flexibility index (Phi) is 4.48. The molecule has 98 valence electrons. The molecule has 1 saturated heterocycles. The molecule has 1 heterocycles. The molecule has 0 atom stereocenters. The summed E-state index contributed by atoms with van der Waals surface area (Å²) in [5.74, 6) is 1.59. The summed E-state index contributed by atoms with van der Waals surface area (Å²) in [5.41, 5.74) is 9.05. The van der Waals surface area contributed by atoms with Crippen LogP contribution in [0.25, 0.3) is 0 Å². The van der Waals surface area contributed by atoms with Crippen molar-refractivity contribution in [3.05, 3.63) is 34.9 Å². The largest absolute Gasteiger partial charge is 0.389 e. The first-order chi connectivity index (χ1) is 8.56. The number of rotatable bonds is 3. The number of nitrogens with two attached hydrogens (primary N) is 1. The molecule has 1 aromatic carbocycles. The van der Waals surface area contributed by atoms with Crippen molar-refractivity contribution in [2.24, 2.45) is 5.73 Å². The third kappa shape index (κ3) is 3.37. The molecule has 1 aliphatic heterocycles. The van der Waals surface area contributed by atoms with Gasteiger partial charge in [0.2, 0.25) is 0 Å². The van der Waals surface area contributed by atoms with Gasteiger partial charge in [-0.25, -0.2) is 0 Å². The highest BCUT2D eigenvalue weighted by Crippen LogP contribution is 2.15. The molecule has 2 rings (SSSR count). The zero-order valence-electron chi connectivity index (χ0n) is 10.5. The van der Waals surface area contributed by atoms with Crippen LogP contribution in [0.3, 0.4) is 0 Å². The summed E-state index contributed by atoms with van der Waals surface area (Å²) >= 11 is 4.97. The second-order valence-corrected chi connectivity index (χ2v) is 6.77. The lowest BCUT2D eigenvalue weighted by atomic mass is 10.0. The fourth-order valence-electron chi connectivity index (χ4n) is 2.10. The van der Waals surface area contributed by atoms with E-state index in [0.29, 0.717) is 4.99 Å². The zero-order valence-corrected chi connectivity index (χ0v) is 12.1. The van der Waals surface area contributed by atoms with Gasteiger partial charge in [0.15, 0.2) is 0 Å². The van der Waals surface area contributed by atoms with Gasteiger partial charge in [0.25, 0.3) is 0 Å². The SMILES string of the molecule is Cc1cc(C(N)=S)ccc1CN1CCS(=O)CC1. The van der Waals surface area contributed by atoms with Gasteiger partial charge in [0, 0.05) is 47.5 Å². The molecule has 3 nitrogen and oxygen atoms in total. The van der Waals surface area contributed by atoms with Crippen molar-refractivity contribution >= 4 is 28.0 Å². The standard InChI is InChI=1S/C13H18N2OS2/c1-10-8-11(13(14)17)2-3-12(10)9-15-4-6-18(16)7-5-15/h2-3,8H,4-7,9H2,1H3,(H2,14,17). The van der Waals surface area contributed by atoms with Crippen LogP contribution in [-0.2, 0) is 17.3 Å².